The molecule has 0 fully saturated rings. The van der Waals surface area contributed by atoms with Crippen LogP contribution in [0.15, 0.2) is 215 Å². The van der Waals surface area contributed by atoms with E-state index in [4.69, 9.17) is 0 Å². The molecule has 56 heavy (non-hydrogen) atoms. The minimum Gasteiger partial charge on any atom is -0.310 e. The summed E-state index contributed by atoms with van der Waals surface area (Å²) in [4.78, 5) is 4.68. The van der Waals surface area contributed by atoms with Gasteiger partial charge in [0.15, 0.2) is 0 Å². The van der Waals surface area contributed by atoms with Gasteiger partial charge in [0.1, 0.15) is 0 Å². The molecule has 0 spiro atoms. The van der Waals surface area contributed by atoms with Crippen LogP contribution in [0.3, 0.4) is 0 Å². The van der Waals surface area contributed by atoms with Crippen molar-refractivity contribution >= 4 is 109 Å². The molecule has 0 amide bonds. The van der Waals surface area contributed by atoms with E-state index in [0.29, 0.717) is 0 Å². The first kappa shape index (κ1) is 34.3. The minimum atomic E-state index is 1.08. The molecule has 10 aromatic carbocycles. The van der Waals surface area contributed by atoms with Gasteiger partial charge in [0, 0.05) is 43.1 Å². The Labute approximate surface area is 343 Å². The van der Waals surface area contributed by atoms with Gasteiger partial charge in [0.25, 0.3) is 0 Å². The van der Waals surface area contributed by atoms with Crippen molar-refractivity contribution in [2.24, 2.45) is 0 Å². The Kier molecular flexibility index (Phi) is 8.86. The lowest BCUT2D eigenvalue weighted by Gasteiger charge is -2.26. The van der Waals surface area contributed by atoms with Gasteiger partial charge in [-0.2, -0.15) is 0 Å². The molecule has 0 aliphatic carbocycles. The topological polar surface area (TPSA) is 6.48 Å². The molecule has 2 nitrogen and oxygen atoms in total. The summed E-state index contributed by atoms with van der Waals surface area (Å²) in [5.74, 6) is 0. The molecule has 4 heteroatoms. The van der Waals surface area contributed by atoms with Gasteiger partial charge in [0.2, 0.25) is 0 Å². The molecule has 0 saturated heterocycles. The average molecular weight is 847 g/mol. The van der Waals surface area contributed by atoms with Crippen LogP contribution in [0, 0.1) is 0 Å². The number of hydrogen-bond donors (Lipinski definition) is 0. The number of nitrogens with zero attached hydrogens (tertiary/aromatic N) is 2. The van der Waals surface area contributed by atoms with Gasteiger partial charge in [-0.05, 0) is 163 Å². The highest BCUT2D eigenvalue weighted by Crippen LogP contribution is 2.40. The second kappa shape index (κ2) is 14.5. The first-order valence-electron chi connectivity index (χ1n) is 18.7. The maximum atomic E-state index is 3.62. The van der Waals surface area contributed by atoms with Crippen molar-refractivity contribution in [1.82, 2.24) is 0 Å². The van der Waals surface area contributed by atoms with Crippen LogP contribution < -0.4 is 9.80 Å². The van der Waals surface area contributed by atoms with Crippen molar-refractivity contribution in [2.45, 2.75) is 0 Å². The second-order valence-corrected chi connectivity index (χ2v) is 16.0. The zero-order valence-electron chi connectivity index (χ0n) is 30.3. The lowest BCUT2D eigenvalue weighted by molar-refractivity contribution is 1.29. The predicted octanol–water partition coefficient (Wildman–Crippen LogP) is 16.4. The summed E-state index contributed by atoms with van der Waals surface area (Å²) in [5, 5.41) is 9.64. The Morgan fingerprint density at radius 1 is 0.232 bits per heavy atom. The highest BCUT2D eigenvalue weighted by molar-refractivity contribution is 9.10. The fourth-order valence-corrected chi connectivity index (χ4v) is 8.60. The molecular weight excluding hydrogens is 812 g/mol. The van der Waals surface area contributed by atoms with Gasteiger partial charge in [-0.1, -0.05) is 129 Å². The third kappa shape index (κ3) is 6.62. The summed E-state index contributed by atoms with van der Waals surface area (Å²) in [6.45, 7) is 0. The Morgan fingerprint density at radius 3 is 0.875 bits per heavy atom. The summed E-state index contributed by atoms with van der Waals surface area (Å²) < 4.78 is 2.17. The molecule has 0 aliphatic rings. The van der Waals surface area contributed by atoms with Gasteiger partial charge >= 0.3 is 0 Å². The zero-order valence-corrected chi connectivity index (χ0v) is 33.5. The monoisotopic (exact) mass is 844 g/mol. The number of rotatable bonds is 7. The fraction of sp³-hybridized carbons (Fsp3) is 0. The number of benzene rings is 10. The van der Waals surface area contributed by atoms with Crippen LogP contribution in [-0.2, 0) is 0 Å². The van der Waals surface area contributed by atoms with Crippen molar-refractivity contribution in [2.75, 3.05) is 9.80 Å². The van der Waals surface area contributed by atoms with Crippen LogP contribution in [0.5, 0.6) is 0 Å². The summed E-state index contributed by atoms with van der Waals surface area (Å²) in [6, 6.07) is 74.6. The highest BCUT2D eigenvalue weighted by Gasteiger charge is 2.16. The number of para-hydroxylation sites is 2. The van der Waals surface area contributed by atoms with Crippen molar-refractivity contribution in [3.8, 4) is 11.1 Å². The quantitative estimate of drug-likeness (QED) is 0.158. The summed E-state index contributed by atoms with van der Waals surface area (Å²) >= 11 is 7.25. The number of fused-ring (bicyclic) bond motifs is 4. The van der Waals surface area contributed by atoms with Crippen LogP contribution in [0.1, 0.15) is 0 Å². The maximum Gasteiger partial charge on any atom is 0.0468 e. The molecular formula is C52H34Br2N2. The number of anilines is 6. The molecule has 0 aliphatic heterocycles. The molecule has 0 bridgehead atoms. The number of hydrogen-bond acceptors (Lipinski definition) is 2. The van der Waals surface area contributed by atoms with Crippen LogP contribution in [0.4, 0.5) is 34.1 Å². The molecule has 266 valence electrons. The standard InChI is InChI=1S/C52H34Br2N2/c53-45-21-15-43-33-51(25-19-39(43)29-45)55(47-7-3-1-4-8-47)49-23-17-37-27-35(11-13-41(37)31-49)36-12-14-42-32-50(24-18-38(42)28-36)56(48-9-5-2-6-10-48)52-26-20-40-30-46(54)22-16-44(40)34-52/h1-34H. The average Bonchev–Trinajstić information content (AvgIpc) is 3.24. The normalized spacial score (nSPS) is 11.4. The van der Waals surface area contributed by atoms with Crippen molar-refractivity contribution in [1.29, 1.82) is 0 Å². The molecule has 0 saturated carbocycles. The molecule has 0 heterocycles. The lowest BCUT2D eigenvalue weighted by Crippen LogP contribution is -2.09. The Hall–Kier alpha value is -6.20. The van der Waals surface area contributed by atoms with Gasteiger partial charge in [-0.3, -0.25) is 0 Å². The van der Waals surface area contributed by atoms with Crippen molar-refractivity contribution in [3.63, 3.8) is 0 Å². The third-order valence-corrected chi connectivity index (χ3v) is 11.6. The Morgan fingerprint density at radius 2 is 0.518 bits per heavy atom. The first-order chi connectivity index (χ1) is 27.5. The lowest BCUT2D eigenvalue weighted by atomic mass is 9.98. The van der Waals surface area contributed by atoms with E-state index >= 15 is 0 Å². The van der Waals surface area contributed by atoms with E-state index < -0.39 is 0 Å². The second-order valence-electron chi connectivity index (χ2n) is 14.2. The molecule has 0 radical (unpaired) electrons. The molecule has 0 atom stereocenters. The van der Waals surface area contributed by atoms with Gasteiger partial charge in [-0.25, -0.2) is 0 Å². The predicted molar refractivity (Wildman–Crippen MR) is 247 cm³/mol. The zero-order chi connectivity index (χ0) is 37.6. The molecule has 0 N–H and O–H groups in total. The van der Waals surface area contributed by atoms with E-state index in [9.17, 15) is 0 Å². The molecule has 0 aromatic heterocycles. The third-order valence-electron chi connectivity index (χ3n) is 10.6. The Balaban J connectivity index is 0.984. The van der Waals surface area contributed by atoms with E-state index in [0.717, 1.165) is 43.1 Å². The van der Waals surface area contributed by atoms with Crippen LogP contribution >= 0.6 is 31.9 Å². The number of halogens is 2. The van der Waals surface area contributed by atoms with Crippen molar-refractivity contribution < 1.29 is 0 Å². The maximum absolute atomic E-state index is 3.62. The van der Waals surface area contributed by atoms with Gasteiger partial charge in [0.05, 0.1) is 0 Å². The van der Waals surface area contributed by atoms with E-state index in [1.165, 1.54) is 54.2 Å². The summed E-state index contributed by atoms with van der Waals surface area (Å²) in [7, 11) is 0. The smallest absolute Gasteiger partial charge is 0.0468 e. The summed E-state index contributed by atoms with van der Waals surface area (Å²) in [6.07, 6.45) is 0. The van der Waals surface area contributed by atoms with E-state index in [1.54, 1.807) is 0 Å². The largest absolute Gasteiger partial charge is 0.310 e. The van der Waals surface area contributed by atoms with E-state index in [2.05, 4.69) is 248 Å². The van der Waals surface area contributed by atoms with Crippen LogP contribution in [0.25, 0.3) is 54.2 Å². The van der Waals surface area contributed by atoms with Crippen LogP contribution in [0.2, 0.25) is 0 Å². The van der Waals surface area contributed by atoms with Crippen LogP contribution in [-0.4, -0.2) is 0 Å². The fourth-order valence-electron chi connectivity index (χ4n) is 7.84. The van der Waals surface area contributed by atoms with Gasteiger partial charge < -0.3 is 9.80 Å². The van der Waals surface area contributed by atoms with Crippen molar-refractivity contribution in [3.05, 3.63) is 215 Å². The van der Waals surface area contributed by atoms with E-state index in [1.807, 2.05) is 0 Å². The molecule has 10 aromatic rings. The Bertz CT molecular complexity index is 2860. The highest BCUT2D eigenvalue weighted by atomic mass is 79.9. The van der Waals surface area contributed by atoms with Gasteiger partial charge in [-0.15, -0.1) is 0 Å². The minimum absolute atomic E-state index is 1.08. The molecule has 0 unspecified atom stereocenters. The van der Waals surface area contributed by atoms with E-state index in [-0.39, 0.29) is 0 Å². The SMILES string of the molecule is Brc1ccc2cc(N(c3ccccc3)c3ccc4cc(-c5ccc6cc(N(c7ccccc7)c7ccc8cc(Br)ccc8c7)ccc6c5)ccc4c3)ccc2c1. The first-order valence-corrected chi connectivity index (χ1v) is 20.3. The molecule has 10 rings (SSSR count). The summed E-state index contributed by atoms with van der Waals surface area (Å²) in [5.41, 5.74) is 9.13.